The van der Waals surface area contributed by atoms with Gasteiger partial charge in [-0.15, -0.1) is 0 Å². The van der Waals surface area contributed by atoms with E-state index in [0.717, 1.165) is 30.9 Å². The van der Waals surface area contributed by atoms with Crippen molar-refractivity contribution >= 4 is 17.4 Å². The standard InChI is InChI=1S/C20H25N3O2/c1-3-25-17-10-8-16(9-11-17)22-19-18(7-4-12-21-19)20(24)23-13-5-6-15(2)14-23/h4,7-12,15H,3,5-6,13-14H2,1-2H3,(H,21,22)/t15-/m1/s1. The molecule has 132 valence electrons. The molecular weight excluding hydrogens is 314 g/mol. The van der Waals surface area contributed by atoms with E-state index in [1.165, 1.54) is 6.42 Å². The number of hydrogen-bond acceptors (Lipinski definition) is 4. The van der Waals surface area contributed by atoms with Crippen LogP contribution in [0.3, 0.4) is 0 Å². The molecule has 1 fully saturated rings. The molecule has 1 saturated heterocycles. The van der Waals surface area contributed by atoms with Crippen LogP contribution >= 0.6 is 0 Å². The quantitative estimate of drug-likeness (QED) is 0.891. The van der Waals surface area contributed by atoms with Crippen LogP contribution in [0.1, 0.15) is 37.0 Å². The minimum absolute atomic E-state index is 0.0492. The maximum absolute atomic E-state index is 12.9. The third kappa shape index (κ3) is 4.29. The Kier molecular flexibility index (Phi) is 5.53. The Labute approximate surface area is 149 Å². The summed E-state index contributed by atoms with van der Waals surface area (Å²) in [5.74, 6) is 2.02. The molecule has 1 amide bonds. The van der Waals surface area contributed by atoms with Crippen molar-refractivity contribution in [2.75, 3.05) is 25.0 Å². The van der Waals surface area contributed by atoms with Crippen LogP contribution in [-0.2, 0) is 0 Å². The van der Waals surface area contributed by atoms with Gasteiger partial charge in [-0.1, -0.05) is 6.92 Å². The molecule has 5 heteroatoms. The second-order valence-corrected chi connectivity index (χ2v) is 6.48. The molecule has 0 radical (unpaired) electrons. The Morgan fingerprint density at radius 1 is 1.32 bits per heavy atom. The molecule has 1 aliphatic heterocycles. The van der Waals surface area contributed by atoms with Gasteiger partial charge in [-0.2, -0.15) is 0 Å². The van der Waals surface area contributed by atoms with E-state index in [1.54, 1.807) is 6.20 Å². The number of carbonyl (C=O) groups is 1. The monoisotopic (exact) mass is 339 g/mol. The summed E-state index contributed by atoms with van der Waals surface area (Å²) in [4.78, 5) is 19.2. The molecule has 0 aliphatic carbocycles. The van der Waals surface area contributed by atoms with Crippen molar-refractivity contribution in [3.63, 3.8) is 0 Å². The first-order chi connectivity index (χ1) is 12.2. The predicted octanol–water partition coefficient (Wildman–Crippen LogP) is 4.10. The first-order valence-corrected chi connectivity index (χ1v) is 8.91. The molecular formula is C20H25N3O2. The number of anilines is 2. The Morgan fingerprint density at radius 3 is 2.84 bits per heavy atom. The van der Waals surface area contributed by atoms with E-state index >= 15 is 0 Å². The number of nitrogens with zero attached hydrogens (tertiary/aromatic N) is 2. The van der Waals surface area contributed by atoms with Crippen molar-refractivity contribution in [2.45, 2.75) is 26.7 Å². The van der Waals surface area contributed by atoms with Gasteiger partial charge in [0, 0.05) is 25.0 Å². The van der Waals surface area contributed by atoms with Crippen molar-refractivity contribution in [2.24, 2.45) is 5.92 Å². The van der Waals surface area contributed by atoms with Crippen LogP contribution in [0.15, 0.2) is 42.6 Å². The van der Waals surface area contributed by atoms with Gasteiger partial charge in [-0.05, 0) is 62.1 Å². The van der Waals surface area contributed by atoms with Crippen molar-refractivity contribution in [3.05, 3.63) is 48.2 Å². The molecule has 0 spiro atoms. The summed E-state index contributed by atoms with van der Waals surface area (Å²) in [6.45, 7) is 6.43. The van der Waals surface area contributed by atoms with E-state index in [1.807, 2.05) is 48.2 Å². The van der Waals surface area contributed by atoms with Gasteiger partial charge in [-0.25, -0.2) is 4.98 Å². The lowest BCUT2D eigenvalue weighted by atomic mass is 9.99. The van der Waals surface area contributed by atoms with Crippen LogP contribution in [0, 0.1) is 5.92 Å². The summed E-state index contributed by atoms with van der Waals surface area (Å²) >= 11 is 0. The highest BCUT2D eigenvalue weighted by molar-refractivity contribution is 5.99. The number of likely N-dealkylation sites (tertiary alicyclic amines) is 1. The number of carbonyl (C=O) groups excluding carboxylic acids is 1. The lowest BCUT2D eigenvalue weighted by molar-refractivity contribution is 0.0683. The van der Waals surface area contributed by atoms with Crippen molar-refractivity contribution in [3.8, 4) is 5.75 Å². The van der Waals surface area contributed by atoms with Gasteiger partial charge in [-0.3, -0.25) is 4.79 Å². The summed E-state index contributed by atoms with van der Waals surface area (Å²) in [6.07, 6.45) is 3.95. The number of pyridine rings is 1. The summed E-state index contributed by atoms with van der Waals surface area (Å²) < 4.78 is 5.46. The van der Waals surface area contributed by atoms with Gasteiger partial charge < -0.3 is 15.0 Å². The second kappa shape index (κ2) is 8.01. The Bertz CT molecular complexity index is 715. The van der Waals surface area contributed by atoms with E-state index in [4.69, 9.17) is 4.74 Å². The fraction of sp³-hybridized carbons (Fsp3) is 0.400. The van der Waals surface area contributed by atoms with Crippen molar-refractivity contribution in [1.82, 2.24) is 9.88 Å². The maximum Gasteiger partial charge on any atom is 0.257 e. The topological polar surface area (TPSA) is 54.5 Å². The van der Waals surface area contributed by atoms with Gasteiger partial charge in [0.25, 0.3) is 5.91 Å². The number of nitrogens with one attached hydrogen (secondary N) is 1. The third-order valence-electron chi connectivity index (χ3n) is 4.41. The number of rotatable bonds is 5. The second-order valence-electron chi connectivity index (χ2n) is 6.48. The molecule has 1 aromatic carbocycles. The number of benzene rings is 1. The van der Waals surface area contributed by atoms with Crippen LogP contribution in [0.5, 0.6) is 5.75 Å². The summed E-state index contributed by atoms with van der Waals surface area (Å²) in [5, 5.41) is 3.26. The number of hydrogen-bond donors (Lipinski definition) is 1. The Balaban J connectivity index is 1.77. The van der Waals surface area contributed by atoms with Crippen molar-refractivity contribution in [1.29, 1.82) is 0 Å². The average Bonchev–Trinajstić information content (AvgIpc) is 2.63. The normalized spacial score (nSPS) is 17.2. The van der Waals surface area contributed by atoms with E-state index < -0.39 is 0 Å². The SMILES string of the molecule is CCOc1ccc(Nc2ncccc2C(=O)N2CCC[C@@H](C)C2)cc1. The maximum atomic E-state index is 12.9. The van der Waals surface area contributed by atoms with Gasteiger partial charge in [0.15, 0.2) is 0 Å². The van der Waals surface area contributed by atoms with Gasteiger partial charge in [0.1, 0.15) is 11.6 Å². The molecule has 25 heavy (non-hydrogen) atoms. The predicted molar refractivity (Wildman–Crippen MR) is 99.4 cm³/mol. The zero-order chi connectivity index (χ0) is 17.6. The number of aromatic nitrogens is 1. The highest BCUT2D eigenvalue weighted by Gasteiger charge is 2.24. The van der Waals surface area contributed by atoms with Crippen LogP contribution in [-0.4, -0.2) is 35.5 Å². The van der Waals surface area contributed by atoms with Crippen LogP contribution in [0.4, 0.5) is 11.5 Å². The average molecular weight is 339 g/mol. The molecule has 0 unspecified atom stereocenters. The van der Waals surface area contributed by atoms with Crippen molar-refractivity contribution < 1.29 is 9.53 Å². The number of amides is 1. The number of piperidine rings is 1. The lowest BCUT2D eigenvalue weighted by Gasteiger charge is -2.31. The molecule has 3 rings (SSSR count). The van der Waals surface area contributed by atoms with E-state index in [0.29, 0.717) is 23.9 Å². The summed E-state index contributed by atoms with van der Waals surface area (Å²) in [6, 6.07) is 11.3. The van der Waals surface area contributed by atoms with Crippen LogP contribution in [0.25, 0.3) is 0 Å². The molecule has 1 aliphatic rings. The zero-order valence-corrected chi connectivity index (χ0v) is 14.9. The Hall–Kier alpha value is -2.56. The fourth-order valence-electron chi connectivity index (χ4n) is 3.16. The smallest absolute Gasteiger partial charge is 0.257 e. The molecule has 1 atom stereocenters. The van der Waals surface area contributed by atoms with E-state index in [9.17, 15) is 4.79 Å². The summed E-state index contributed by atoms with van der Waals surface area (Å²) in [7, 11) is 0. The molecule has 5 nitrogen and oxygen atoms in total. The fourth-order valence-corrected chi connectivity index (χ4v) is 3.16. The molecule has 0 saturated carbocycles. The number of ether oxygens (including phenoxy) is 1. The van der Waals surface area contributed by atoms with Gasteiger partial charge in [0.05, 0.1) is 12.2 Å². The highest BCUT2D eigenvalue weighted by Crippen LogP contribution is 2.24. The molecule has 0 bridgehead atoms. The van der Waals surface area contributed by atoms with Gasteiger partial charge in [0.2, 0.25) is 0 Å². The highest BCUT2D eigenvalue weighted by atomic mass is 16.5. The first-order valence-electron chi connectivity index (χ1n) is 8.91. The minimum atomic E-state index is 0.0492. The Morgan fingerprint density at radius 2 is 2.12 bits per heavy atom. The largest absolute Gasteiger partial charge is 0.494 e. The zero-order valence-electron chi connectivity index (χ0n) is 14.9. The van der Waals surface area contributed by atoms with Crippen LogP contribution in [0.2, 0.25) is 0 Å². The van der Waals surface area contributed by atoms with E-state index in [2.05, 4.69) is 17.2 Å². The molecule has 1 N–H and O–H groups in total. The molecule has 2 aromatic rings. The first kappa shape index (κ1) is 17.3. The minimum Gasteiger partial charge on any atom is -0.494 e. The lowest BCUT2D eigenvalue weighted by Crippen LogP contribution is -2.39. The van der Waals surface area contributed by atoms with Crippen LogP contribution < -0.4 is 10.1 Å². The molecule has 1 aromatic heterocycles. The third-order valence-corrected chi connectivity index (χ3v) is 4.41. The summed E-state index contributed by atoms with van der Waals surface area (Å²) in [5.41, 5.74) is 1.49. The van der Waals surface area contributed by atoms with E-state index in [-0.39, 0.29) is 5.91 Å². The molecule has 2 heterocycles. The van der Waals surface area contributed by atoms with Gasteiger partial charge >= 0.3 is 0 Å².